The Morgan fingerprint density at radius 2 is 2.32 bits per heavy atom. The highest BCUT2D eigenvalue weighted by molar-refractivity contribution is 5.65. The first-order chi connectivity index (χ1) is 9.28. The van der Waals surface area contributed by atoms with E-state index in [1.54, 1.807) is 12.1 Å². The molecule has 0 atom stereocenters. The second kappa shape index (κ2) is 5.01. The van der Waals surface area contributed by atoms with Crippen molar-refractivity contribution < 1.29 is 13.5 Å². The van der Waals surface area contributed by atoms with Gasteiger partial charge >= 0.3 is 0 Å². The van der Waals surface area contributed by atoms with Gasteiger partial charge in [0, 0.05) is 6.04 Å². The molecule has 0 amide bonds. The standard InChI is InChI=1S/C14H15FN2O2/c1-18-11-4-2-3-10(15)14(11)12-7-17-13(19-12)8-16-9-5-6-9/h2-4,7,9,16H,5-6,8H2,1H3. The molecule has 1 heterocycles. The van der Waals surface area contributed by atoms with Crippen molar-refractivity contribution in [3.63, 3.8) is 0 Å². The van der Waals surface area contributed by atoms with Gasteiger partial charge in [0.2, 0.25) is 5.89 Å². The van der Waals surface area contributed by atoms with Crippen molar-refractivity contribution in [1.29, 1.82) is 0 Å². The van der Waals surface area contributed by atoms with Crippen LogP contribution in [0.4, 0.5) is 4.39 Å². The van der Waals surface area contributed by atoms with Crippen LogP contribution in [-0.4, -0.2) is 18.1 Å². The molecular formula is C14H15FN2O2. The molecular weight excluding hydrogens is 247 g/mol. The Balaban J connectivity index is 1.84. The number of methoxy groups -OCH3 is 1. The number of halogens is 1. The molecule has 1 saturated carbocycles. The Kier molecular flexibility index (Phi) is 3.21. The summed E-state index contributed by atoms with van der Waals surface area (Å²) in [4.78, 5) is 4.16. The zero-order valence-electron chi connectivity index (χ0n) is 10.6. The number of benzene rings is 1. The SMILES string of the molecule is COc1cccc(F)c1-c1cnc(CNC2CC2)o1. The zero-order valence-corrected chi connectivity index (χ0v) is 10.6. The van der Waals surface area contributed by atoms with E-state index < -0.39 is 0 Å². The molecule has 2 aromatic rings. The van der Waals surface area contributed by atoms with Crippen LogP contribution >= 0.6 is 0 Å². The summed E-state index contributed by atoms with van der Waals surface area (Å²) in [6.45, 7) is 0.571. The Morgan fingerprint density at radius 3 is 3.05 bits per heavy atom. The first-order valence-corrected chi connectivity index (χ1v) is 6.29. The summed E-state index contributed by atoms with van der Waals surface area (Å²) in [7, 11) is 1.50. The summed E-state index contributed by atoms with van der Waals surface area (Å²) in [5.41, 5.74) is 0.315. The number of nitrogens with one attached hydrogen (secondary N) is 1. The average Bonchev–Trinajstić information content (AvgIpc) is 3.14. The van der Waals surface area contributed by atoms with E-state index in [0.717, 1.165) is 0 Å². The zero-order chi connectivity index (χ0) is 13.2. The molecule has 0 bridgehead atoms. The van der Waals surface area contributed by atoms with Crippen LogP contribution in [0.2, 0.25) is 0 Å². The number of nitrogens with zero attached hydrogens (tertiary/aromatic N) is 1. The first kappa shape index (κ1) is 12.2. The van der Waals surface area contributed by atoms with Crippen molar-refractivity contribution in [3.8, 4) is 17.1 Å². The van der Waals surface area contributed by atoms with E-state index >= 15 is 0 Å². The number of hydrogen-bond acceptors (Lipinski definition) is 4. The molecule has 19 heavy (non-hydrogen) atoms. The van der Waals surface area contributed by atoms with Crippen molar-refractivity contribution in [2.75, 3.05) is 7.11 Å². The van der Waals surface area contributed by atoms with Crippen LogP contribution in [0.5, 0.6) is 5.75 Å². The third kappa shape index (κ3) is 2.61. The van der Waals surface area contributed by atoms with Gasteiger partial charge in [-0.05, 0) is 25.0 Å². The topological polar surface area (TPSA) is 47.3 Å². The lowest BCUT2D eigenvalue weighted by molar-refractivity contribution is 0.409. The van der Waals surface area contributed by atoms with E-state index in [-0.39, 0.29) is 5.82 Å². The Labute approximate surface area is 110 Å². The maximum Gasteiger partial charge on any atom is 0.208 e. The van der Waals surface area contributed by atoms with Crippen LogP contribution in [0.3, 0.4) is 0 Å². The van der Waals surface area contributed by atoms with Gasteiger partial charge in [-0.25, -0.2) is 9.37 Å². The minimum Gasteiger partial charge on any atom is -0.496 e. The van der Waals surface area contributed by atoms with Gasteiger partial charge in [0.15, 0.2) is 5.76 Å². The number of hydrogen-bond donors (Lipinski definition) is 1. The monoisotopic (exact) mass is 262 g/mol. The number of aromatic nitrogens is 1. The van der Waals surface area contributed by atoms with Gasteiger partial charge in [0.05, 0.1) is 25.4 Å². The normalized spacial score (nSPS) is 14.6. The third-order valence-corrected chi connectivity index (χ3v) is 3.11. The van der Waals surface area contributed by atoms with E-state index in [0.29, 0.717) is 35.6 Å². The summed E-state index contributed by atoms with van der Waals surface area (Å²) in [6, 6.07) is 5.26. The maximum absolute atomic E-state index is 13.9. The highest BCUT2D eigenvalue weighted by Gasteiger charge is 2.21. The van der Waals surface area contributed by atoms with Crippen LogP contribution in [0.15, 0.2) is 28.8 Å². The molecule has 1 aromatic heterocycles. The molecule has 1 fully saturated rings. The smallest absolute Gasteiger partial charge is 0.208 e. The summed E-state index contributed by atoms with van der Waals surface area (Å²) in [5, 5.41) is 3.30. The highest BCUT2D eigenvalue weighted by Crippen LogP contribution is 2.32. The van der Waals surface area contributed by atoms with E-state index in [9.17, 15) is 4.39 Å². The summed E-state index contributed by atoms with van der Waals surface area (Å²) in [6.07, 6.45) is 3.94. The predicted octanol–water partition coefficient (Wildman–Crippen LogP) is 2.74. The Bertz CT molecular complexity index is 579. The minimum absolute atomic E-state index is 0.315. The maximum atomic E-state index is 13.9. The molecule has 1 aliphatic carbocycles. The molecule has 1 aliphatic rings. The number of oxazole rings is 1. The van der Waals surface area contributed by atoms with Crippen LogP contribution in [0.25, 0.3) is 11.3 Å². The largest absolute Gasteiger partial charge is 0.496 e. The van der Waals surface area contributed by atoms with Crippen LogP contribution in [0, 0.1) is 5.82 Å². The lowest BCUT2D eigenvalue weighted by Crippen LogP contribution is -2.15. The van der Waals surface area contributed by atoms with E-state index in [1.807, 2.05) is 0 Å². The Morgan fingerprint density at radius 1 is 1.47 bits per heavy atom. The molecule has 1 aromatic carbocycles. The van der Waals surface area contributed by atoms with Crippen molar-refractivity contribution in [1.82, 2.24) is 10.3 Å². The van der Waals surface area contributed by atoms with Gasteiger partial charge in [0.1, 0.15) is 11.6 Å². The number of ether oxygens (including phenoxy) is 1. The molecule has 4 nitrogen and oxygen atoms in total. The van der Waals surface area contributed by atoms with Gasteiger partial charge in [-0.15, -0.1) is 0 Å². The molecule has 3 rings (SSSR count). The van der Waals surface area contributed by atoms with E-state index in [4.69, 9.17) is 9.15 Å². The predicted molar refractivity (Wildman–Crippen MR) is 68.3 cm³/mol. The molecule has 0 radical (unpaired) electrons. The molecule has 5 heteroatoms. The van der Waals surface area contributed by atoms with Gasteiger partial charge in [-0.1, -0.05) is 6.07 Å². The quantitative estimate of drug-likeness (QED) is 0.900. The van der Waals surface area contributed by atoms with Gasteiger partial charge < -0.3 is 14.5 Å². The van der Waals surface area contributed by atoms with Crippen LogP contribution in [0.1, 0.15) is 18.7 Å². The van der Waals surface area contributed by atoms with Crippen molar-refractivity contribution in [2.45, 2.75) is 25.4 Å². The van der Waals surface area contributed by atoms with Crippen LogP contribution < -0.4 is 10.1 Å². The molecule has 100 valence electrons. The first-order valence-electron chi connectivity index (χ1n) is 6.29. The molecule has 0 unspecified atom stereocenters. The van der Waals surface area contributed by atoms with Crippen molar-refractivity contribution in [3.05, 3.63) is 36.1 Å². The molecule has 0 spiro atoms. The van der Waals surface area contributed by atoms with E-state index in [2.05, 4.69) is 10.3 Å². The van der Waals surface area contributed by atoms with Crippen molar-refractivity contribution in [2.24, 2.45) is 0 Å². The second-order valence-electron chi connectivity index (χ2n) is 4.59. The molecule has 0 saturated heterocycles. The van der Waals surface area contributed by atoms with Crippen LogP contribution in [-0.2, 0) is 6.54 Å². The Hall–Kier alpha value is -1.88. The fourth-order valence-corrected chi connectivity index (χ4v) is 1.94. The van der Waals surface area contributed by atoms with Crippen molar-refractivity contribution >= 4 is 0 Å². The fourth-order valence-electron chi connectivity index (χ4n) is 1.94. The molecule has 0 aliphatic heterocycles. The average molecular weight is 262 g/mol. The highest BCUT2D eigenvalue weighted by atomic mass is 19.1. The number of rotatable bonds is 5. The second-order valence-corrected chi connectivity index (χ2v) is 4.59. The van der Waals surface area contributed by atoms with Gasteiger partial charge in [-0.2, -0.15) is 0 Å². The summed E-state index contributed by atoms with van der Waals surface area (Å²) < 4.78 is 24.6. The molecule has 1 N–H and O–H groups in total. The summed E-state index contributed by atoms with van der Waals surface area (Å²) in [5.74, 6) is 1.02. The van der Waals surface area contributed by atoms with E-state index in [1.165, 1.54) is 32.2 Å². The van der Waals surface area contributed by atoms with Gasteiger partial charge in [-0.3, -0.25) is 0 Å². The third-order valence-electron chi connectivity index (χ3n) is 3.11. The lowest BCUT2D eigenvalue weighted by Gasteiger charge is -2.06. The summed E-state index contributed by atoms with van der Waals surface area (Å²) >= 11 is 0. The fraction of sp³-hybridized carbons (Fsp3) is 0.357. The van der Waals surface area contributed by atoms with Gasteiger partial charge in [0.25, 0.3) is 0 Å². The minimum atomic E-state index is -0.378. The lowest BCUT2D eigenvalue weighted by atomic mass is 10.1.